The van der Waals surface area contributed by atoms with Crippen molar-refractivity contribution in [1.82, 2.24) is 26.2 Å². The van der Waals surface area contributed by atoms with Crippen molar-refractivity contribution in [3.05, 3.63) is 47.5 Å². The molecule has 3 rings (SSSR count). The van der Waals surface area contributed by atoms with Crippen LogP contribution in [0.1, 0.15) is 88.8 Å². The molecule has 1 heterocycles. The van der Waals surface area contributed by atoms with Crippen molar-refractivity contribution >= 4 is 29.5 Å². The molecule has 2 aromatic carbocycles. The number of fused-ring (bicyclic) bond motifs is 5. The lowest BCUT2D eigenvalue weighted by Gasteiger charge is -2.32. The van der Waals surface area contributed by atoms with E-state index in [-0.39, 0.29) is 64.6 Å². The van der Waals surface area contributed by atoms with Crippen LogP contribution in [-0.2, 0) is 30.4 Å². The first-order valence-electron chi connectivity index (χ1n) is 19.9. The van der Waals surface area contributed by atoms with Gasteiger partial charge in [-0.05, 0) is 61.7 Å². The highest BCUT2D eigenvalue weighted by atomic mass is 16.5. The van der Waals surface area contributed by atoms with Gasteiger partial charge in [-0.2, -0.15) is 5.26 Å². The van der Waals surface area contributed by atoms with Gasteiger partial charge in [0, 0.05) is 44.1 Å². The van der Waals surface area contributed by atoms with Crippen LogP contribution in [0.2, 0.25) is 0 Å². The van der Waals surface area contributed by atoms with Gasteiger partial charge < -0.3 is 52.8 Å². The summed E-state index contributed by atoms with van der Waals surface area (Å²) in [6.07, 6.45) is 7.66. The summed E-state index contributed by atoms with van der Waals surface area (Å²) in [5.41, 5.74) is 19.5. The first-order valence-corrected chi connectivity index (χ1v) is 19.9. The third kappa shape index (κ3) is 14.0. The number of nitrogens with one attached hydrogen (secondary N) is 4. The summed E-state index contributed by atoms with van der Waals surface area (Å²) >= 11 is 0. The van der Waals surface area contributed by atoms with Crippen LogP contribution in [0.15, 0.2) is 36.4 Å². The van der Waals surface area contributed by atoms with Gasteiger partial charge in [-0.15, -0.1) is 0 Å². The fourth-order valence-corrected chi connectivity index (χ4v) is 6.64. The Morgan fingerprint density at radius 3 is 2.16 bits per heavy atom. The number of carbonyl (C=O) groups excluding carboxylic acids is 5. The summed E-state index contributed by atoms with van der Waals surface area (Å²) in [4.78, 5) is 69.8. The van der Waals surface area contributed by atoms with Crippen molar-refractivity contribution in [2.75, 3.05) is 46.4 Å². The molecule has 57 heavy (non-hydrogen) atoms. The van der Waals surface area contributed by atoms with Crippen LogP contribution < -0.4 is 47.9 Å². The molecule has 0 unspecified atom stereocenters. The Labute approximate surface area is 335 Å². The maximum Gasteiger partial charge on any atom is 0.248 e. The maximum absolute atomic E-state index is 14.4. The Bertz CT molecular complexity index is 1700. The standard InChI is InChI=1S/C41H61N9O7/c1-4-5-6-7-8-9-10-11-36(51)48-32(16-17-42)41(55)50(3)37-29-13-15-35(57-23-20-45)31(26-29)30-24-28(12-14-34(30)56-22-19-44)25-33(39(53)46-21-18-43)49-38(52)27(2)47-40(37)54/h12-15,24,26-27,32-33,37H,4-11,16-17,19-23,25,42,44-45H2,1-3H3,(H,46,53)(H,47,54)(H,48,51)(H,49,52)/t27-,32-,33-,37-/m0/s1. The van der Waals surface area contributed by atoms with E-state index < -0.39 is 47.8 Å². The SMILES string of the molecule is CCCCCCCCCC(=O)N[C@@H](CCN)C(=O)N(C)[C@@H]1C(=O)N[C@@H](C)C(=O)N[C@H](C(=O)NCC#N)Cc2ccc(OCCN)c(c2)-c2cc1ccc2OCCN. The number of nitrogens with two attached hydrogens (primary N) is 3. The second-order valence-corrected chi connectivity index (χ2v) is 14.2. The van der Waals surface area contributed by atoms with Crippen molar-refractivity contribution in [3.63, 3.8) is 0 Å². The molecular weight excluding hydrogens is 731 g/mol. The van der Waals surface area contributed by atoms with Gasteiger partial charge in [-0.1, -0.05) is 57.6 Å². The molecule has 0 aliphatic carbocycles. The number of hydrogen-bond acceptors (Lipinski definition) is 11. The molecule has 16 nitrogen and oxygen atoms in total. The molecule has 0 spiro atoms. The molecule has 312 valence electrons. The quantitative estimate of drug-likeness (QED) is 0.0707. The van der Waals surface area contributed by atoms with Crippen LogP contribution in [0.5, 0.6) is 11.5 Å². The van der Waals surface area contributed by atoms with E-state index in [2.05, 4.69) is 28.2 Å². The zero-order valence-electron chi connectivity index (χ0n) is 33.6. The molecule has 2 aromatic rings. The van der Waals surface area contributed by atoms with E-state index in [0.717, 1.165) is 25.7 Å². The van der Waals surface area contributed by atoms with Crippen LogP contribution in [0, 0.1) is 11.3 Å². The van der Waals surface area contributed by atoms with E-state index in [9.17, 15) is 24.0 Å². The third-order valence-corrected chi connectivity index (χ3v) is 9.65. The van der Waals surface area contributed by atoms with Crippen molar-refractivity contribution in [2.24, 2.45) is 17.2 Å². The van der Waals surface area contributed by atoms with Gasteiger partial charge in [0.1, 0.15) is 55.4 Å². The molecule has 4 atom stereocenters. The third-order valence-electron chi connectivity index (χ3n) is 9.65. The Morgan fingerprint density at radius 1 is 0.895 bits per heavy atom. The predicted octanol–water partition coefficient (Wildman–Crippen LogP) is 1.69. The molecule has 0 radical (unpaired) electrons. The highest BCUT2D eigenvalue weighted by molar-refractivity contribution is 5.96. The molecule has 4 bridgehead atoms. The molecule has 0 saturated carbocycles. The summed E-state index contributed by atoms with van der Waals surface area (Å²) in [5, 5.41) is 19.9. The maximum atomic E-state index is 14.4. The second-order valence-electron chi connectivity index (χ2n) is 14.2. The molecule has 1 aliphatic rings. The van der Waals surface area contributed by atoms with Crippen LogP contribution in [0.3, 0.4) is 0 Å². The average molecular weight is 792 g/mol. The predicted molar refractivity (Wildman–Crippen MR) is 217 cm³/mol. The van der Waals surface area contributed by atoms with Crippen LogP contribution in [-0.4, -0.2) is 99.0 Å². The normalized spacial score (nSPS) is 17.2. The molecule has 0 saturated heterocycles. The van der Waals surface area contributed by atoms with Gasteiger partial charge in [0.05, 0.1) is 6.07 Å². The lowest BCUT2D eigenvalue weighted by Crippen LogP contribution is -2.56. The summed E-state index contributed by atoms with van der Waals surface area (Å²) in [6, 6.07) is 7.52. The van der Waals surface area contributed by atoms with Crippen LogP contribution in [0.25, 0.3) is 11.1 Å². The van der Waals surface area contributed by atoms with Crippen molar-refractivity contribution in [1.29, 1.82) is 5.26 Å². The first kappa shape index (κ1) is 46.1. The second kappa shape index (κ2) is 24.4. The molecule has 1 aliphatic heterocycles. The Hall–Kier alpha value is -5.24. The number of hydrogen-bond donors (Lipinski definition) is 7. The zero-order chi connectivity index (χ0) is 41.7. The zero-order valence-corrected chi connectivity index (χ0v) is 33.6. The van der Waals surface area contributed by atoms with Gasteiger partial charge in [-0.25, -0.2) is 0 Å². The Balaban J connectivity index is 2.12. The van der Waals surface area contributed by atoms with Crippen LogP contribution in [0.4, 0.5) is 0 Å². The minimum absolute atomic E-state index is 0.0274. The topological polar surface area (TPSA) is 257 Å². The lowest BCUT2D eigenvalue weighted by atomic mass is 9.93. The Kier molecular flexibility index (Phi) is 19.8. The van der Waals surface area contributed by atoms with E-state index in [1.54, 1.807) is 36.4 Å². The number of rotatable bonds is 21. The van der Waals surface area contributed by atoms with Gasteiger partial charge >= 0.3 is 0 Å². The van der Waals surface area contributed by atoms with Gasteiger partial charge in [-0.3, -0.25) is 24.0 Å². The summed E-state index contributed by atoms with van der Waals surface area (Å²) < 4.78 is 12.1. The molecule has 5 amide bonds. The number of unbranched alkanes of at least 4 members (excludes halogenated alkanes) is 6. The van der Waals surface area contributed by atoms with Crippen molar-refractivity contribution < 1.29 is 33.4 Å². The minimum atomic E-state index is -1.32. The van der Waals surface area contributed by atoms with E-state index in [1.807, 2.05) is 6.07 Å². The largest absolute Gasteiger partial charge is 0.492 e. The van der Waals surface area contributed by atoms with Gasteiger partial charge in [0.25, 0.3) is 0 Å². The highest BCUT2D eigenvalue weighted by Gasteiger charge is 2.36. The van der Waals surface area contributed by atoms with E-state index in [4.69, 9.17) is 31.9 Å². The van der Waals surface area contributed by atoms with Crippen molar-refractivity contribution in [2.45, 2.75) is 102 Å². The smallest absolute Gasteiger partial charge is 0.248 e. The summed E-state index contributed by atoms with van der Waals surface area (Å²) in [5.74, 6) is -1.98. The summed E-state index contributed by atoms with van der Waals surface area (Å²) in [7, 11) is 1.46. The monoisotopic (exact) mass is 791 g/mol. The Morgan fingerprint density at radius 2 is 1.53 bits per heavy atom. The fourth-order valence-electron chi connectivity index (χ4n) is 6.64. The van der Waals surface area contributed by atoms with E-state index in [1.165, 1.54) is 31.7 Å². The molecule has 0 fully saturated rings. The molecule has 0 aromatic heterocycles. The number of carbonyl (C=O) groups is 5. The fraction of sp³-hybridized carbons (Fsp3) is 0.561. The summed E-state index contributed by atoms with van der Waals surface area (Å²) in [6.45, 7) is 4.21. The van der Waals surface area contributed by atoms with Crippen LogP contribution >= 0.6 is 0 Å². The van der Waals surface area contributed by atoms with Gasteiger partial charge in [0.15, 0.2) is 0 Å². The number of nitrogens with zero attached hydrogens (tertiary/aromatic N) is 2. The number of ether oxygens (including phenoxy) is 2. The van der Waals surface area contributed by atoms with Crippen molar-refractivity contribution in [3.8, 4) is 28.7 Å². The first-order chi connectivity index (χ1) is 27.5. The lowest BCUT2D eigenvalue weighted by molar-refractivity contribution is -0.143. The van der Waals surface area contributed by atoms with Gasteiger partial charge in [0.2, 0.25) is 29.5 Å². The number of nitriles is 1. The van der Waals surface area contributed by atoms with E-state index >= 15 is 0 Å². The molecular formula is C41H61N9O7. The number of benzene rings is 2. The number of amides is 5. The molecule has 10 N–H and O–H groups in total. The molecule has 16 heteroatoms. The minimum Gasteiger partial charge on any atom is -0.492 e. The van der Waals surface area contributed by atoms with E-state index in [0.29, 0.717) is 40.2 Å². The number of likely N-dealkylation sites (N-methyl/N-ethyl adjacent to an activating group) is 1. The average Bonchev–Trinajstić information content (AvgIpc) is 3.20. The highest BCUT2D eigenvalue weighted by Crippen LogP contribution is 2.40.